The van der Waals surface area contributed by atoms with E-state index in [2.05, 4.69) is 27.6 Å². The van der Waals surface area contributed by atoms with Crippen LogP contribution in [0.5, 0.6) is 0 Å². The van der Waals surface area contributed by atoms with Crippen molar-refractivity contribution in [1.82, 2.24) is 20.4 Å². The molecule has 0 spiro atoms. The molecule has 0 atom stereocenters. The highest BCUT2D eigenvalue weighted by molar-refractivity contribution is 5.75. The van der Waals surface area contributed by atoms with Crippen LogP contribution in [-0.4, -0.2) is 46.5 Å². The fourth-order valence-electron chi connectivity index (χ4n) is 3.48. The van der Waals surface area contributed by atoms with Crippen molar-refractivity contribution in [3.63, 3.8) is 0 Å². The molecule has 2 heterocycles. The van der Waals surface area contributed by atoms with Crippen molar-refractivity contribution >= 4 is 11.8 Å². The highest BCUT2D eigenvalue weighted by Crippen LogP contribution is 2.25. The van der Waals surface area contributed by atoms with Crippen LogP contribution in [-0.2, 0) is 22.4 Å². The van der Waals surface area contributed by atoms with Gasteiger partial charge in [-0.25, -0.2) is 0 Å². The first kappa shape index (κ1) is 20.0. The Hall–Kier alpha value is -2.70. The number of rotatable bonds is 8. The van der Waals surface area contributed by atoms with Gasteiger partial charge in [0.25, 0.3) is 0 Å². The van der Waals surface area contributed by atoms with Crippen LogP contribution in [0.1, 0.15) is 55.8 Å². The number of carbonyl (C=O) groups is 2. The molecule has 7 heteroatoms. The van der Waals surface area contributed by atoms with Crippen LogP contribution in [0.25, 0.3) is 0 Å². The van der Waals surface area contributed by atoms with E-state index in [-0.39, 0.29) is 17.7 Å². The third kappa shape index (κ3) is 5.90. The number of likely N-dealkylation sites (tertiary alicyclic amines) is 1. The Kier molecular flexibility index (Phi) is 7.17. The van der Waals surface area contributed by atoms with Gasteiger partial charge in [0, 0.05) is 45.3 Å². The van der Waals surface area contributed by atoms with Crippen LogP contribution >= 0.6 is 0 Å². The van der Waals surface area contributed by atoms with Gasteiger partial charge >= 0.3 is 0 Å². The number of nitrogens with zero attached hydrogens (tertiary/aromatic N) is 3. The molecule has 3 rings (SSSR count). The lowest BCUT2D eigenvalue weighted by Gasteiger charge is -2.29. The summed E-state index contributed by atoms with van der Waals surface area (Å²) in [5.41, 5.74) is 1.25. The molecule has 1 fully saturated rings. The minimum atomic E-state index is 0.0484. The van der Waals surface area contributed by atoms with Crippen molar-refractivity contribution in [1.29, 1.82) is 0 Å². The van der Waals surface area contributed by atoms with E-state index in [4.69, 9.17) is 4.52 Å². The van der Waals surface area contributed by atoms with Crippen molar-refractivity contribution in [3.05, 3.63) is 47.6 Å². The van der Waals surface area contributed by atoms with Gasteiger partial charge in [-0.1, -0.05) is 35.5 Å². The fourth-order valence-corrected chi connectivity index (χ4v) is 3.48. The molecule has 150 valence electrons. The van der Waals surface area contributed by atoms with E-state index in [0.29, 0.717) is 31.1 Å². The maximum Gasteiger partial charge on any atom is 0.228 e. The summed E-state index contributed by atoms with van der Waals surface area (Å²) in [4.78, 5) is 29.7. The molecule has 0 radical (unpaired) electrons. The van der Waals surface area contributed by atoms with Crippen molar-refractivity contribution < 1.29 is 14.1 Å². The second-order valence-electron chi connectivity index (χ2n) is 7.27. The molecule has 1 aromatic carbocycles. The molecule has 0 unspecified atom stereocenters. The topological polar surface area (TPSA) is 88.3 Å². The molecule has 1 N–H and O–H groups in total. The number of piperidine rings is 1. The van der Waals surface area contributed by atoms with E-state index in [1.54, 1.807) is 6.92 Å². The molecule has 2 aromatic rings. The van der Waals surface area contributed by atoms with Crippen molar-refractivity contribution in [2.45, 2.75) is 51.4 Å². The zero-order valence-electron chi connectivity index (χ0n) is 16.4. The lowest BCUT2D eigenvalue weighted by Crippen LogP contribution is -2.36. The molecule has 1 saturated heterocycles. The predicted molar refractivity (Wildman–Crippen MR) is 105 cm³/mol. The van der Waals surface area contributed by atoms with E-state index in [0.717, 1.165) is 38.8 Å². The lowest BCUT2D eigenvalue weighted by molar-refractivity contribution is -0.129. The standard InChI is InChI=1S/C21H28N4O3/c1-16(26)25-14-11-18(12-15-25)21-23-20(28-24-21)10-13-22-19(27)9-5-8-17-6-3-2-4-7-17/h2-4,6-7,18H,5,8-15H2,1H3,(H,22,27). The zero-order chi connectivity index (χ0) is 19.8. The van der Waals surface area contributed by atoms with Crippen LogP contribution in [0.2, 0.25) is 0 Å². The van der Waals surface area contributed by atoms with E-state index in [1.165, 1.54) is 5.56 Å². The SMILES string of the molecule is CC(=O)N1CCC(c2noc(CCNC(=O)CCCc3ccccc3)n2)CC1. The molecular formula is C21H28N4O3. The molecule has 7 nitrogen and oxygen atoms in total. The molecule has 28 heavy (non-hydrogen) atoms. The predicted octanol–water partition coefficient (Wildman–Crippen LogP) is 2.48. The van der Waals surface area contributed by atoms with Gasteiger partial charge in [-0.15, -0.1) is 0 Å². The Balaban J connectivity index is 1.33. The smallest absolute Gasteiger partial charge is 0.228 e. The first-order valence-electron chi connectivity index (χ1n) is 10.0. The highest BCUT2D eigenvalue weighted by atomic mass is 16.5. The maximum atomic E-state index is 12.0. The van der Waals surface area contributed by atoms with E-state index >= 15 is 0 Å². The van der Waals surface area contributed by atoms with Crippen LogP contribution in [0.15, 0.2) is 34.9 Å². The minimum Gasteiger partial charge on any atom is -0.356 e. The Morgan fingerprint density at radius 3 is 2.64 bits per heavy atom. The summed E-state index contributed by atoms with van der Waals surface area (Å²) in [5, 5.41) is 7.00. The molecule has 0 bridgehead atoms. The molecule has 1 aromatic heterocycles. The van der Waals surface area contributed by atoms with Crippen LogP contribution < -0.4 is 5.32 Å². The van der Waals surface area contributed by atoms with Gasteiger partial charge in [0.05, 0.1) is 0 Å². The number of nitrogens with one attached hydrogen (secondary N) is 1. The minimum absolute atomic E-state index is 0.0484. The third-order valence-electron chi connectivity index (χ3n) is 5.16. The van der Waals surface area contributed by atoms with Gasteiger partial charge in [0.15, 0.2) is 5.82 Å². The number of hydrogen-bond donors (Lipinski definition) is 1. The second-order valence-corrected chi connectivity index (χ2v) is 7.27. The Morgan fingerprint density at radius 1 is 1.18 bits per heavy atom. The van der Waals surface area contributed by atoms with Crippen LogP contribution in [0.3, 0.4) is 0 Å². The van der Waals surface area contributed by atoms with Crippen LogP contribution in [0, 0.1) is 0 Å². The average Bonchev–Trinajstić information content (AvgIpc) is 3.18. The normalized spacial score (nSPS) is 14.8. The molecule has 0 aliphatic carbocycles. The molecule has 1 aliphatic rings. The highest BCUT2D eigenvalue weighted by Gasteiger charge is 2.25. The van der Waals surface area contributed by atoms with Crippen molar-refractivity contribution in [2.24, 2.45) is 0 Å². The monoisotopic (exact) mass is 384 g/mol. The molecule has 0 saturated carbocycles. The first-order valence-corrected chi connectivity index (χ1v) is 10.0. The quantitative estimate of drug-likeness (QED) is 0.755. The van der Waals surface area contributed by atoms with Gasteiger partial charge in [0.2, 0.25) is 17.7 Å². The number of amides is 2. The van der Waals surface area contributed by atoms with E-state index in [9.17, 15) is 9.59 Å². The summed E-state index contributed by atoms with van der Waals surface area (Å²) < 4.78 is 5.32. The van der Waals surface area contributed by atoms with Gasteiger partial charge < -0.3 is 14.7 Å². The number of aromatic nitrogens is 2. The van der Waals surface area contributed by atoms with Gasteiger partial charge in [-0.3, -0.25) is 9.59 Å². The first-order chi connectivity index (χ1) is 13.6. The fraction of sp³-hybridized carbons (Fsp3) is 0.524. The molecule has 2 amide bonds. The Bertz CT molecular complexity index is 767. The summed E-state index contributed by atoms with van der Waals surface area (Å²) in [5.74, 6) is 1.67. The largest absolute Gasteiger partial charge is 0.356 e. The maximum absolute atomic E-state index is 12.0. The Morgan fingerprint density at radius 2 is 1.93 bits per heavy atom. The molecule has 1 aliphatic heterocycles. The lowest BCUT2D eigenvalue weighted by atomic mass is 9.96. The number of benzene rings is 1. The third-order valence-corrected chi connectivity index (χ3v) is 5.16. The number of hydrogen-bond acceptors (Lipinski definition) is 5. The summed E-state index contributed by atoms with van der Waals surface area (Å²) in [7, 11) is 0. The number of aryl methyl sites for hydroxylation is 1. The van der Waals surface area contributed by atoms with Gasteiger partial charge in [-0.2, -0.15) is 4.98 Å². The van der Waals surface area contributed by atoms with Crippen molar-refractivity contribution in [2.75, 3.05) is 19.6 Å². The van der Waals surface area contributed by atoms with E-state index in [1.807, 2.05) is 23.1 Å². The summed E-state index contributed by atoms with van der Waals surface area (Å²) in [6, 6.07) is 10.2. The second kappa shape index (κ2) is 10.0. The van der Waals surface area contributed by atoms with E-state index < -0.39 is 0 Å². The molecular weight excluding hydrogens is 356 g/mol. The van der Waals surface area contributed by atoms with Crippen LogP contribution in [0.4, 0.5) is 0 Å². The summed E-state index contributed by atoms with van der Waals surface area (Å²) in [6.07, 6.45) is 4.50. The van der Waals surface area contributed by atoms with Crippen molar-refractivity contribution in [3.8, 4) is 0 Å². The van der Waals surface area contributed by atoms with Gasteiger partial charge in [-0.05, 0) is 31.2 Å². The zero-order valence-corrected chi connectivity index (χ0v) is 16.4. The Labute approximate surface area is 165 Å². The summed E-state index contributed by atoms with van der Waals surface area (Å²) >= 11 is 0. The van der Waals surface area contributed by atoms with Gasteiger partial charge in [0.1, 0.15) is 0 Å². The summed E-state index contributed by atoms with van der Waals surface area (Å²) in [6.45, 7) is 3.57. The number of carbonyl (C=O) groups excluding carboxylic acids is 2. The average molecular weight is 384 g/mol.